The summed E-state index contributed by atoms with van der Waals surface area (Å²) in [5, 5.41) is 3.32. The first-order valence-electron chi connectivity index (χ1n) is 4.18. The Balaban J connectivity index is 2.44. The molecule has 2 heterocycles. The Labute approximate surface area is 87.7 Å². The van der Waals surface area contributed by atoms with Gasteiger partial charge in [-0.1, -0.05) is 0 Å². The number of halogens is 3. The van der Waals surface area contributed by atoms with Crippen LogP contribution in [0.5, 0.6) is 0 Å². The van der Waals surface area contributed by atoms with Gasteiger partial charge in [-0.2, -0.15) is 18.3 Å². The molecule has 0 radical (unpaired) electrons. The van der Waals surface area contributed by atoms with Gasteiger partial charge in [0.05, 0.1) is 0 Å². The second-order valence-electron chi connectivity index (χ2n) is 2.91. The summed E-state index contributed by atoms with van der Waals surface area (Å²) in [6.07, 6.45) is -0.695. The predicted molar refractivity (Wildman–Crippen MR) is 48.6 cm³/mol. The quantitative estimate of drug-likeness (QED) is 0.799. The first kappa shape index (κ1) is 10.4. The number of nitrogen functional groups attached to an aromatic ring is 1. The highest BCUT2D eigenvalue weighted by Gasteiger charge is 2.33. The van der Waals surface area contributed by atoms with E-state index >= 15 is 0 Å². The molecule has 0 spiro atoms. The lowest BCUT2D eigenvalue weighted by atomic mass is 10.4. The third kappa shape index (κ3) is 1.81. The zero-order valence-corrected chi connectivity index (χ0v) is 7.81. The molecule has 5 nitrogen and oxygen atoms in total. The number of hydrogen-bond donors (Lipinski definition) is 1. The van der Waals surface area contributed by atoms with Crippen molar-refractivity contribution in [1.82, 2.24) is 19.7 Å². The largest absolute Gasteiger partial charge is 0.435 e. The normalized spacial score (nSPS) is 11.7. The van der Waals surface area contributed by atoms with Crippen molar-refractivity contribution in [2.75, 3.05) is 5.73 Å². The monoisotopic (exact) mass is 229 g/mol. The molecule has 2 aromatic rings. The SMILES string of the molecule is Nc1nccnc1-n1ccc(C(F)(F)F)n1. The maximum atomic E-state index is 12.3. The number of nitrogens with zero attached hydrogens (tertiary/aromatic N) is 4. The summed E-state index contributed by atoms with van der Waals surface area (Å²) < 4.78 is 37.8. The standard InChI is InChI=1S/C8H6F3N5/c9-8(10,11)5-1-4-16(15-5)7-6(12)13-2-3-14-7/h1-4H,(H2,12,13). The first-order chi connectivity index (χ1) is 7.48. The molecular formula is C8H6F3N5. The third-order valence-corrected chi connectivity index (χ3v) is 1.80. The number of nitrogens with two attached hydrogens (primary N) is 1. The topological polar surface area (TPSA) is 69.6 Å². The summed E-state index contributed by atoms with van der Waals surface area (Å²) in [6, 6.07) is 0.841. The van der Waals surface area contributed by atoms with Crippen LogP contribution in [-0.4, -0.2) is 19.7 Å². The van der Waals surface area contributed by atoms with Gasteiger partial charge in [-0.3, -0.25) is 0 Å². The van der Waals surface area contributed by atoms with Gasteiger partial charge >= 0.3 is 6.18 Å². The van der Waals surface area contributed by atoms with Crippen LogP contribution in [0.2, 0.25) is 0 Å². The minimum Gasteiger partial charge on any atom is -0.381 e. The highest BCUT2D eigenvalue weighted by atomic mass is 19.4. The molecule has 2 rings (SSSR count). The Kier molecular flexibility index (Phi) is 2.26. The van der Waals surface area contributed by atoms with E-state index in [-0.39, 0.29) is 11.6 Å². The van der Waals surface area contributed by atoms with Crippen LogP contribution in [0.4, 0.5) is 19.0 Å². The van der Waals surface area contributed by atoms with Crippen LogP contribution < -0.4 is 5.73 Å². The zero-order valence-electron chi connectivity index (χ0n) is 7.81. The first-order valence-corrected chi connectivity index (χ1v) is 4.18. The molecule has 0 amide bonds. The van der Waals surface area contributed by atoms with E-state index in [0.717, 1.165) is 16.9 Å². The van der Waals surface area contributed by atoms with Gasteiger partial charge in [-0.25, -0.2) is 14.6 Å². The van der Waals surface area contributed by atoms with Crippen LogP contribution in [0.1, 0.15) is 5.69 Å². The van der Waals surface area contributed by atoms with E-state index in [1.54, 1.807) is 0 Å². The smallest absolute Gasteiger partial charge is 0.381 e. The fourth-order valence-corrected chi connectivity index (χ4v) is 1.11. The van der Waals surface area contributed by atoms with Crippen molar-refractivity contribution in [2.45, 2.75) is 6.18 Å². The van der Waals surface area contributed by atoms with E-state index in [1.165, 1.54) is 12.4 Å². The highest BCUT2D eigenvalue weighted by molar-refractivity contribution is 5.45. The van der Waals surface area contributed by atoms with Gasteiger partial charge in [0.1, 0.15) is 0 Å². The lowest BCUT2D eigenvalue weighted by Crippen LogP contribution is -2.09. The molecule has 0 aliphatic carbocycles. The summed E-state index contributed by atoms with van der Waals surface area (Å²) >= 11 is 0. The third-order valence-electron chi connectivity index (χ3n) is 1.80. The summed E-state index contributed by atoms with van der Waals surface area (Å²) in [5.74, 6) is 0.0809. The van der Waals surface area contributed by atoms with Crippen LogP contribution in [0, 0.1) is 0 Å². The Bertz CT molecular complexity index is 504. The Morgan fingerprint density at radius 1 is 1.19 bits per heavy atom. The van der Waals surface area contributed by atoms with Crippen LogP contribution in [-0.2, 0) is 6.18 Å². The van der Waals surface area contributed by atoms with Gasteiger partial charge in [-0.05, 0) is 6.07 Å². The molecule has 8 heteroatoms. The molecule has 0 aliphatic heterocycles. The van der Waals surface area contributed by atoms with Gasteiger partial charge < -0.3 is 5.73 Å². The van der Waals surface area contributed by atoms with E-state index in [1.807, 2.05) is 0 Å². The Morgan fingerprint density at radius 3 is 2.44 bits per heavy atom. The van der Waals surface area contributed by atoms with E-state index < -0.39 is 11.9 Å². The second-order valence-corrected chi connectivity index (χ2v) is 2.91. The van der Waals surface area contributed by atoms with Crippen molar-refractivity contribution in [3.05, 3.63) is 30.4 Å². The Hall–Kier alpha value is -2.12. The summed E-state index contributed by atoms with van der Waals surface area (Å²) in [5.41, 5.74) is 4.45. The molecule has 0 bridgehead atoms. The fraction of sp³-hybridized carbons (Fsp3) is 0.125. The number of alkyl halides is 3. The molecule has 0 fully saturated rings. The summed E-state index contributed by atoms with van der Waals surface area (Å²) in [6.45, 7) is 0. The van der Waals surface area contributed by atoms with Crippen molar-refractivity contribution in [2.24, 2.45) is 0 Å². The molecule has 0 unspecified atom stereocenters. The molecule has 0 saturated carbocycles. The van der Waals surface area contributed by atoms with E-state index in [9.17, 15) is 13.2 Å². The van der Waals surface area contributed by atoms with Gasteiger partial charge in [0, 0.05) is 18.6 Å². The lowest BCUT2D eigenvalue weighted by molar-refractivity contribution is -0.141. The number of aromatic nitrogens is 4. The summed E-state index contributed by atoms with van der Waals surface area (Å²) in [7, 11) is 0. The molecule has 2 N–H and O–H groups in total. The average Bonchev–Trinajstić information content (AvgIpc) is 2.66. The van der Waals surface area contributed by atoms with Crippen molar-refractivity contribution in [1.29, 1.82) is 0 Å². The fourth-order valence-electron chi connectivity index (χ4n) is 1.11. The minimum atomic E-state index is -4.48. The van der Waals surface area contributed by atoms with Crippen LogP contribution in [0.15, 0.2) is 24.7 Å². The average molecular weight is 229 g/mol. The highest BCUT2D eigenvalue weighted by Crippen LogP contribution is 2.27. The molecule has 2 aromatic heterocycles. The van der Waals surface area contributed by atoms with Crippen LogP contribution in [0.25, 0.3) is 5.82 Å². The molecular weight excluding hydrogens is 223 g/mol. The van der Waals surface area contributed by atoms with Crippen LogP contribution in [0.3, 0.4) is 0 Å². The molecule has 16 heavy (non-hydrogen) atoms. The maximum Gasteiger partial charge on any atom is 0.435 e. The summed E-state index contributed by atoms with van der Waals surface area (Å²) in [4.78, 5) is 7.49. The zero-order chi connectivity index (χ0) is 11.8. The minimum absolute atomic E-state index is 0.0133. The van der Waals surface area contributed by atoms with E-state index in [2.05, 4.69) is 15.1 Å². The Morgan fingerprint density at radius 2 is 1.88 bits per heavy atom. The van der Waals surface area contributed by atoms with Crippen molar-refractivity contribution >= 4 is 5.82 Å². The molecule has 0 atom stereocenters. The van der Waals surface area contributed by atoms with Gasteiger partial charge in [0.2, 0.25) is 0 Å². The molecule has 0 saturated heterocycles. The van der Waals surface area contributed by atoms with Crippen molar-refractivity contribution in [3.63, 3.8) is 0 Å². The molecule has 0 aromatic carbocycles. The second kappa shape index (κ2) is 3.47. The number of anilines is 1. The lowest BCUT2D eigenvalue weighted by Gasteiger charge is -2.03. The molecule has 0 aliphatic rings. The number of rotatable bonds is 1. The van der Waals surface area contributed by atoms with Crippen molar-refractivity contribution in [3.8, 4) is 5.82 Å². The number of hydrogen-bond acceptors (Lipinski definition) is 4. The van der Waals surface area contributed by atoms with Crippen LogP contribution >= 0.6 is 0 Å². The molecule has 84 valence electrons. The maximum absolute atomic E-state index is 12.3. The predicted octanol–water partition coefficient (Wildman–Crippen LogP) is 1.26. The van der Waals surface area contributed by atoms with Gasteiger partial charge in [0.15, 0.2) is 17.3 Å². The van der Waals surface area contributed by atoms with E-state index in [0.29, 0.717) is 0 Å². The van der Waals surface area contributed by atoms with Gasteiger partial charge in [0.25, 0.3) is 0 Å². The van der Waals surface area contributed by atoms with Crippen molar-refractivity contribution < 1.29 is 13.2 Å². The van der Waals surface area contributed by atoms with E-state index in [4.69, 9.17) is 5.73 Å². The van der Waals surface area contributed by atoms with Gasteiger partial charge in [-0.15, -0.1) is 0 Å².